The van der Waals surface area contributed by atoms with Crippen molar-refractivity contribution in [3.63, 3.8) is 0 Å². The Labute approximate surface area is 60.7 Å². The van der Waals surface area contributed by atoms with Crippen LogP contribution in [0.1, 0.15) is 6.92 Å². The van der Waals surface area contributed by atoms with Gasteiger partial charge in [-0.15, -0.1) is 0 Å². The van der Waals surface area contributed by atoms with Crippen LogP contribution in [-0.2, 0) is 0 Å². The fourth-order valence-electron chi connectivity index (χ4n) is 0.821. The number of halogens is 1. The highest BCUT2D eigenvalue weighted by Gasteiger charge is 2.12. The molecule has 9 heavy (non-hydrogen) atoms. The highest BCUT2D eigenvalue weighted by atomic mass is 35.5. The Morgan fingerprint density at radius 2 is 2.44 bits per heavy atom. The SMILES string of the molecule is CCN1C=C(Cl)N(C)C1. The average molecular weight is 147 g/mol. The fraction of sp³-hybridized carbons (Fsp3) is 0.667. The van der Waals surface area contributed by atoms with Gasteiger partial charge in [0.15, 0.2) is 0 Å². The maximum atomic E-state index is 5.78. The first-order chi connectivity index (χ1) is 4.24. The molecule has 1 heterocycles. The van der Waals surface area contributed by atoms with Crippen molar-refractivity contribution in [3.8, 4) is 0 Å². The molecule has 0 spiro atoms. The van der Waals surface area contributed by atoms with E-state index in [4.69, 9.17) is 11.6 Å². The van der Waals surface area contributed by atoms with Crippen molar-refractivity contribution in [2.45, 2.75) is 6.92 Å². The first kappa shape index (κ1) is 6.75. The third kappa shape index (κ3) is 1.30. The molecule has 1 aliphatic heterocycles. The lowest BCUT2D eigenvalue weighted by molar-refractivity contribution is 0.305. The van der Waals surface area contributed by atoms with E-state index in [1.165, 1.54) is 0 Å². The normalized spacial score (nSPS) is 18.8. The van der Waals surface area contributed by atoms with E-state index in [0.29, 0.717) is 0 Å². The number of hydrogen-bond donors (Lipinski definition) is 0. The summed E-state index contributed by atoms with van der Waals surface area (Å²) in [5.74, 6) is 0. The Morgan fingerprint density at radius 1 is 1.78 bits per heavy atom. The third-order valence-corrected chi connectivity index (χ3v) is 1.84. The van der Waals surface area contributed by atoms with Crippen LogP contribution in [0.3, 0.4) is 0 Å². The Morgan fingerprint density at radius 3 is 2.67 bits per heavy atom. The summed E-state index contributed by atoms with van der Waals surface area (Å²) in [5.41, 5.74) is 0. The molecule has 0 amide bonds. The van der Waals surface area contributed by atoms with Crippen molar-refractivity contribution < 1.29 is 0 Å². The number of rotatable bonds is 1. The molecule has 0 N–H and O–H groups in total. The van der Waals surface area contributed by atoms with Gasteiger partial charge in [0.1, 0.15) is 5.16 Å². The van der Waals surface area contributed by atoms with Gasteiger partial charge in [0.25, 0.3) is 0 Å². The molecule has 0 bridgehead atoms. The van der Waals surface area contributed by atoms with Gasteiger partial charge in [-0.2, -0.15) is 0 Å². The van der Waals surface area contributed by atoms with Crippen molar-refractivity contribution in [1.82, 2.24) is 9.80 Å². The first-order valence-electron chi connectivity index (χ1n) is 3.06. The zero-order valence-electron chi connectivity index (χ0n) is 5.76. The molecule has 0 saturated heterocycles. The molecule has 0 aliphatic carbocycles. The number of hydrogen-bond acceptors (Lipinski definition) is 2. The van der Waals surface area contributed by atoms with Crippen molar-refractivity contribution in [2.75, 3.05) is 20.3 Å². The molecular formula is C6H11ClN2. The zero-order valence-corrected chi connectivity index (χ0v) is 6.52. The van der Waals surface area contributed by atoms with Gasteiger partial charge in [0, 0.05) is 19.8 Å². The van der Waals surface area contributed by atoms with Crippen LogP contribution in [0, 0.1) is 0 Å². The van der Waals surface area contributed by atoms with Gasteiger partial charge in [-0.1, -0.05) is 11.6 Å². The maximum Gasteiger partial charge on any atom is 0.122 e. The second-order valence-electron chi connectivity index (χ2n) is 2.20. The zero-order chi connectivity index (χ0) is 6.85. The second kappa shape index (κ2) is 2.48. The molecule has 2 nitrogen and oxygen atoms in total. The molecule has 0 aromatic heterocycles. The average Bonchev–Trinajstić information content (AvgIpc) is 2.13. The quantitative estimate of drug-likeness (QED) is 0.514. The van der Waals surface area contributed by atoms with E-state index in [-0.39, 0.29) is 0 Å². The minimum atomic E-state index is 0.830. The van der Waals surface area contributed by atoms with E-state index >= 15 is 0 Å². The minimum absolute atomic E-state index is 0.830. The molecule has 0 fully saturated rings. The first-order valence-corrected chi connectivity index (χ1v) is 3.44. The summed E-state index contributed by atoms with van der Waals surface area (Å²) in [6, 6.07) is 0. The van der Waals surface area contributed by atoms with Crippen LogP contribution in [-0.4, -0.2) is 30.1 Å². The van der Waals surface area contributed by atoms with Crippen LogP contribution < -0.4 is 0 Å². The van der Waals surface area contributed by atoms with Crippen molar-refractivity contribution in [1.29, 1.82) is 0 Å². The highest BCUT2D eigenvalue weighted by Crippen LogP contribution is 2.15. The van der Waals surface area contributed by atoms with Gasteiger partial charge in [0.05, 0.1) is 6.67 Å². The predicted molar refractivity (Wildman–Crippen MR) is 38.9 cm³/mol. The van der Waals surface area contributed by atoms with E-state index in [0.717, 1.165) is 18.4 Å². The van der Waals surface area contributed by atoms with Crippen molar-refractivity contribution >= 4 is 11.6 Å². The van der Waals surface area contributed by atoms with Gasteiger partial charge in [-0.05, 0) is 6.92 Å². The molecule has 0 aromatic carbocycles. The Balaban J connectivity index is 2.52. The molecule has 0 saturated carbocycles. The van der Waals surface area contributed by atoms with Gasteiger partial charge in [-0.25, -0.2) is 0 Å². The summed E-state index contributed by atoms with van der Waals surface area (Å²) in [4.78, 5) is 4.16. The lowest BCUT2D eigenvalue weighted by Gasteiger charge is -2.15. The largest absolute Gasteiger partial charge is 0.358 e. The summed E-state index contributed by atoms with van der Waals surface area (Å²) in [6.07, 6.45) is 1.96. The molecule has 1 aliphatic rings. The molecule has 52 valence electrons. The Hall–Kier alpha value is -0.370. The smallest absolute Gasteiger partial charge is 0.122 e. The van der Waals surface area contributed by atoms with Crippen LogP contribution in [0.5, 0.6) is 0 Å². The van der Waals surface area contributed by atoms with Crippen LogP contribution in [0.15, 0.2) is 11.4 Å². The lowest BCUT2D eigenvalue weighted by atomic mass is 10.6. The summed E-state index contributed by atoms with van der Waals surface area (Å²) >= 11 is 5.78. The maximum absolute atomic E-state index is 5.78. The highest BCUT2D eigenvalue weighted by molar-refractivity contribution is 6.29. The molecule has 0 aromatic rings. The van der Waals surface area contributed by atoms with Crippen LogP contribution in [0.25, 0.3) is 0 Å². The van der Waals surface area contributed by atoms with Gasteiger partial charge in [-0.3, -0.25) is 0 Å². The molecule has 0 radical (unpaired) electrons. The standard InChI is InChI=1S/C6H11ClN2/c1-3-9-4-6(7)8(2)5-9/h4H,3,5H2,1-2H3. The van der Waals surface area contributed by atoms with Crippen LogP contribution in [0.2, 0.25) is 0 Å². The van der Waals surface area contributed by atoms with E-state index in [9.17, 15) is 0 Å². The monoisotopic (exact) mass is 146 g/mol. The number of nitrogens with zero attached hydrogens (tertiary/aromatic N) is 2. The molecule has 0 atom stereocenters. The predicted octanol–water partition coefficient (Wildman–Crippen LogP) is 1.25. The summed E-state index contributed by atoms with van der Waals surface area (Å²) in [5, 5.41) is 0.830. The third-order valence-electron chi connectivity index (χ3n) is 1.45. The van der Waals surface area contributed by atoms with E-state index < -0.39 is 0 Å². The molecule has 3 heteroatoms. The van der Waals surface area contributed by atoms with Crippen LogP contribution >= 0.6 is 11.6 Å². The summed E-state index contributed by atoms with van der Waals surface area (Å²) < 4.78 is 0. The Kier molecular flexibility index (Phi) is 1.86. The lowest BCUT2D eigenvalue weighted by Crippen LogP contribution is -2.22. The van der Waals surface area contributed by atoms with Gasteiger partial charge >= 0.3 is 0 Å². The molecular weight excluding hydrogens is 136 g/mol. The van der Waals surface area contributed by atoms with Crippen LogP contribution in [0.4, 0.5) is 0 Å². The van der Waals surface area contributed by atoms with E-state index in [1.54, 1.807) is 0 Å². The van der Waals surface area contributed by atoms with Gasteiger partial charge in [0.2, 0.25) is 0 Å². The molecule has 1 rings (SSSR count). The topological polar surface area (TPSA) is 6.48 Å². The minimum Gasteiger partial charge on any atom is -0.358 e. The van der Waals surface area contributed by atoms with Crippen molar-refractivity contribution in [3.05, 3.63) is 11.4 Å². The fourth-order valence-corrected chi connectivity index (χ4v) is 1.01. The van der Waals surface area contributed by atoms with E-state index in [2.05, 4.69) is 11.8 Å². The van der Waals surface area contributed by atoms with E-state index in [1.807, 2.05) is 18.1 Å². The Bertz CT molecular complexity index is 133. The summed E-state index contributed by atoms with van der Waals surface area (Å²) in [6.45, 7) is 4.07. The second-order valence-corrected chi connectivity index (χ2v) is 2.58. The van der Waals surface area contributed by atoms with Crippen molar-refractivity contribution in [2.24, 2.45) is 0 Å². The summed E-state index contributed by atoms with van der Waals surface area (Å²) in [7, 11) is 1.98. The molecule has 0 unspecified atom stereocenters. The van der Waals surface area contributed by atoms with Gasteiger partial charge < -0.3 is 9.80 Å².